The van der Waals surface area contributed by atoms with Gasteiger partial charge in [-0.15, -0.1) is 0 Å². The number of hydrogen-bond acceptors (Lipinski definition) is 5. The predicted octanol–water partition coefficient (Wildman–Crippen LogP) is 7.32. The number of thiol groups is 1. The Kier molecular flexibility index (Phi) is 12.5. The molecule has 3 rings (SSSR count). The van der Waals surface area contributed by atoms with Gasteiger partial charge in [0, 0.05) is 50.2 Å². The predicted molar refractivity (Wildman–Crippen MR) is 159 cm³/mol. The molecular weight excluding hydrogens is 536 g/mol. The van der Waals surface area contributed by atoms with Gasteiger partial charge in [-0.2, -0.15) is 0 Å². The molecule has 0 fully saturated rings. The average Bonchev–Trinajstić information content (AvgIpc) is 3.37. The van der Waals surface area contributed by atoms with E-state index >= 15 is 0 Å². The molecule has 1 aliphatic heterocycles. The minimum Gasteiger partial charge on any atom is -0.481 e. The number of halogens is 2. The van der Waals surface area contributed by atoms with Crippen LogP contribution in [0.15, 0.2) is 57.7 Å². The Balaban J connectivity index is 0.000000611. The summed E-state index contributed by atoms with van der Waals surface area (Å²) in [7, 11) is 1.65. The van der Waals surface area contributed by atoms with Crippen LogP contribution in [0.5, 0.6) is 5.95 Å². The fourth-order valence-electron chi connectivity index (χ4n) is 4.02. The molecule has 2 heterocycles. The van der Waals surface area contributed by atoms with Crippen LogP contribution in [0.4, 0.5) is 19.3 Å². The number of amides is 2. The van der Waals surface area contributed by atoms with Crippen LogP contribution in [0, 0.1) is 11.6 Å². The Morgan fingerprint density at radius 1 is 1.12 bits per heavy atom. The van der Waals surface area contributed by atoms with Gasteiger partial charge in [0.15, 0.2) is 5.76 Å². The maximum absolute atomic E-state index is 14.9. The molecule has 7 nitrogen and oxygen atoms in total. The lowest BCUT2D eigenvalue weighted by molar-refractivity contribution is 0.0734. The zero-order valence-electron chi connectivity index (χ0n) is 24.0. The van der Waals surface area contributed by atoms with E-state index in [-0.39, 0.29) is 43.3 Å². The Bertz CT molecular complexity index is 1260. The van der Waals surface area contributed by atoms with Gasteiger partial charge < -0.3 is 24.6 Å². The smallest absolute Gasteiger partial charge is 0.290 e. The second-order valence-electron chi connectivity index (χ2n) is 9.67. The number of nitrogens with zero attached hydrogens (tertiary/aromatic N) is 2. The molecule has 1 aromatic carbocycles. The summed E-state index contributed by atoms with van der Waals surface area (Å²) >= 11 is 3.63. The second kappa shape index (κ2) is 15.3. The minimum atomic E-state index is -0.705. The van der Waals surface area contributed by atoms with Crippen molar-refractivity contribution in [2.45, 2.75) is 53.9 Å². The molecule has 2 amide bonds. The van der Waals surface area contributed by atoms with Gasteiger partial charge in [0.05, 0.1) is 0 Å². The number of anilines is 1. The third-order valence-corrected chi connectivity index (χ3v) is 6.93. The number of carbonyl (C=O) groups excluding carboxylic acids is 2. The molecule has 10 heteroatoms. The lowest BCUT2D eigenvalue weighted by Gasteiger charge is -2.26. The highest BCUT2D eigenvalue weighted by atomic mass is 32.1. The first-order chi connectivity index (χ1) is 18.9. The van der Waals surface area contributed by atoms with Crippen LogP contribution in [0.1, 0.15) is 70.0 Å². The molecule has 218 valence electrons. The molecule has 0 aliphatic carbocycles. The minimum absolute atomic E-state index is 0.00128. The van der Waals surface area contributed by atoms with E-state index in [2.05, 4.69) is 45.6 Å². The molecule has 2 N–H and O–H groups in total. The second-order valence-corrected chi connectivity index (χ2v) is 10.1. The van der Waals surface area contributed by atoms with Crippen molar-refractivity contribution in [2.75, 3.05) is 31.6 Å². The van der Waals surface area contributed by atoms with Crippen molar-refractivity contribution in [3.63, 3.8) is 0 Å². The number of nitrogens with one attached hydrogen (secondary N) is 1. The van der Waals surface area contributed by atoms with E-state index in [0.717, 1.165) is 5.57 Å². The molecule has 0 saturated carbocycles. The summed E-state index contributed by atoms with van der Waals surface area (Å²) in [5, 5.41) is 11.3. The quantitative estimate of drug-likeness (QED) is 0.227. The van der Waals surface area contributed by atoms with Gasteiger partial charge in [-0.3, -0.25) is 9.59 Å². The maximum Gasteiger partial charge on any atom is 0.290 e. The van der Waals surface area contributed by atoms with Crippen molar-refractivity contribution >= 4 is 35.0 Å². The maximum atomic E-state index is 14.9. The molecule has 0 atom stereocenters. The number of aromatic hydroxyl groups is 1. The van der Waals surface area contributed by atoms with Gasteiger partial charge >= 0.3 is 0 Å². The zero-order chi connectivity index (χ0) is 30.0. The first kappa shape index (κ1) is 32.7. The Labute approximate surface area is 240 Å². The highest BCUT2D eigenvalue weighted by molar-refractivity contribution is 7.96. The zero-order valence-corrected chi connectivity index (χ0v) is 24.9. The summed E-state index contributed by atoms with van der Waals surface area (Å²) < 4.78 is 34.6. The Morgan fingerprint density at radius 3 is 2.17 bits per heavy atom. The molecule has 0 unspecified atom stereocenters. The highest BCUT2D eigenvalue weighted by Gasteiger charge is 2.25. The van der Waals surface area contributed by atoms with E-state index < -0.39 is 22.8 Å². The fourth-order valence-corrected chi connectivity index (χ4v) is 4.10. The summed E-state index contributed by atoms with van der Waals surface area (Å²) in [4.78, 5) is 26.3. The van der Waals surface area contributed by atoms with Gasteiger partial charge in [-0.1, -0.05) is 43.7 Å². The van der Waals surface area contributed by atoms with Crippen LogP contribution in [0.3, 0.4) is 0 Å². The van der Waals surface area contributed by atoms with Crippen molar-refractivity contribution in [1.29, 1.82) is 0 Å². The number of allylic oxidation sites excluding steroid dienone is 2. The van der Waals surface area contributed by atoms with Crippen molar-refractivity contribution in [3.8, 4) is 5.95 Å². The van der Waals surface area contributed by atoms with Gasteiger partial charge in [0.1, 0.15) is 11.6 Å². The standard InChI is InChI=1S/C22H23F2N3O4S.C8H16/c1-13(11-25-22(30)32)12-26(2)15-9-16(23)20(17(24)10-15)14-5-7-27(8-6-14)21(29)18-3-4-19(28)31-18;1-5-7(3)8(4)6-2/h3-5,9-10,12,28H,6-8,11H2,1-2H3,(H2,25,30,32);5-6H2,1-4H3/b13-12+;8-7+. The fraction of sp³-hybridized carbons (Fsp3) is 0.400. The number of benzene rings is 1. The number of furan rings is 1. The van der Waals surface area contributed by atoms with E-state index in [4.69, 9.17) is 4.42 Å². The van der Waals surface area contributed by atoms with E-state index in [1.807, 2.05) is 0 Å². The van der Waals surface area contributed by atoms with Crippen LogP contribution in [-0.4, -0.2) is 47.8 Å². The highest BCUT2D eigenvalue weighted by Crippen LogP contribution is 2.31. The summed E-state index contributed by atoms with van der Waals surface area (Å²) in [5.74, 6) is -2.17. The first-order valence-electron chi connectivity index (χ1n) is 13.2. The van der Waals surface area contributed by atoms with Crippen LogP contribution >= 0.6 is 12.6 Å². The number of hydrogen-bond donors (Lipinski definition) is 3. The number of carbonyl (C=O) groups is 2. The summed E-state index contributed by atoms with van der Waals surface area (Å²) in [5.41, 5.74) is 4.53. The van der Waals surface area contributed by atoms with E-state index in [1.165, 1.54) is 42.0 Å². The molecule has 1 aliphatic rings. The van der Waals surface area contributed by atoms with Crippen LogP contribution < -0.4 is 10.2 Å². The molecular formula is C30H39F2N3O4S. The molecule has 2 aromatic rings. The van der Waals surface area contributed by atoms with Crippen LogP contribution in [0.25, 0.3) is 5.57 Å². The Morgan fingerprint density at radius 2 is 1.73 bits per heavy atom. The van der Waals surface area contributed by atoms with E-state index in [1.54, 1.807) is 42.3 Å². The van der Waals surface area contributed by atoms with Gasteiger partial charge in [0.2, 0.25) is 0 Å². The molecule has 1 aromatic heterocycles. The van der Waals surface area contributed by atoms with Crippen molar-refractivity contribution < 1.29 is 27.9 Å². The molecule has 0 radical (unpaired) electrons. The van der Waals surface area contributed by atoms with Gasteiger partial charge in [-0.25, -0.2) is 8.78 Å². The molecule has 40 heavy (non-hydrogen) atoms. The van der Waals surface area contributed by atoms with Crippen molar-refractivity contribution in [3.05, 3.63) is 76.2 Å². The molecule has 0 spiro atoms. The summed E-state index contributed by atoms with van der Waals surface area (Å²) in [6.45, 7) is 11.3. The molecule has 0 bridgehead atoms. The third kappa shape index (κ3) is 9.29. The van der Waals surface area contributed by atoms with Crippen molar-refractivity contribution in [1.82, 2.24) is 10.2 Å². The first-order valence-corrected chi connectivity index (χ1v) is 13.6. The largest absolute Gasteiger partial charge is 0.481 e. The van der Waals surface area contributed by atoms with Crippen LogP contribution in [-0.2, 0) is 0 Å². The SMILES string of the molecule is C/C(=C\N(C)c1cc(F)c(C2=CCN(C(=O)c3ccc(O)o3)CC2)c(F)c1)CNC(=O)S.CC/C(C)=C(\C)CC. The normalized spacial score (nSPS) is 14.1. The number of rotatable bonds is 8. The van der Waals surface area contributed by atoms with E-state index in [0.29, 0.717) is 11.3 Å². The third-order valence-electron chi connectivity index (χ3n) is 6.78. The topological polar surface area (TPSA) is 86.0 Å². The van der Waals surface area contributed by atoms with E-state index in [9.17, 15) is 23.5 Å². The summed E-state index contributed by atoms with van der Waals surface area (Å²) in [6, 6.07) is 5.12. The average molecular weight is 576 g/mol. The molecule has 0 saturated heterocycles. The monoisotopic (exact) mass is 575 g/mol. The lowest BCUT2D eigenvalue weighted by atomic mass is 9.97. The van der Waals surface area contributed by atoms with Crippen molar-refractivity contribution in [2.24, 2.45) is 0 Å². The lowest BCUT2D eigenvalue weighted by Crippen LogP contribution is -2.34. The van der Waals surface area contributed by atoms with Gasteiger partial charge in [0.25, 0.3) is 17.1 Å². The van der Waals surface area contributed by atoms with Gasteiger partial charge in [-0.05, 0) is 69.4 Å². The summed E-state index contributed by atoms with van der Waals surface area (Å²) in [6.07, 6.45) is 5.95. The Hall–Kier alpha value is -3.53. The van der Waals surface area contributed by atoms with Crippen LogP contribution in [0.2, 0.25) is 0 Å².